The summed E-state index contributed by atoms with van der Waals surface area (Å²) in [5, 5.41) is 0. The van der Waals surface area contributed by atoms with Gasteiger partial charge in [-0.3, -0.25) is 0 Å². The van der Waals surface area contributed by atoms with Crippen LogP contribution in [0.5, 0.6) is 0 Å². The number of hydrogen-bond acceptors (Lipinski definition) is 0. The Bertz CT molecular complexity index is 117. The Labute approximate surface area is 85.1 Å². The second-order valence-electron chi connectivity index (χ2n) is 4.99. The predicted molar refractivity (Wildman–Crippen MR) is 62.0 cm³/mol. The monoisotopic (exact) mass is 184 g/mol. The molecule has 0 rings (SSSR count). The Kier molecular flexibility index (Phi) is 6.45. The van der Waals surface area contributed by atoms with Crippen molar-refractivity contribution in [2.75, 3.05) is 0 Å². The maximum absolute atomic E-state index is 2.47. The number of rotatable bonds is 7. The second kappa shape index (κ2) is 6.45. The van der Waals surface area contributed by atoms with Crippen LogP contribution in [0.1, 0.15) is 73.1 Å². The van der Waals surface area contributed by atoms with Crippen molar-refractivity contribution in [3.8, 4) is 0 Å². The van der Waals surface area contributed by atoms with Crippen molar-refractivity contribution in [2.24, 2.45) is 11.3 Å². The normalized spacial score (nSPS) is 18.2. The van der Waals surface area contributed by atoms with E-state index in [2.05, 4.69) is 34.6 Å². The van der Waals surface area contributed by atoms with Crippen LogP contribution in [0.25, 0.3) is 0 Å². The summed E-state index contributed by atoms with van der Waals surface area (Å²) in [6.45, 7) is 11.8. The van der Waals surface area contributed by atoms with Crippen molar-refractivity contribution >= 4 is 0 Å². The highest BCUT2D eigenvalue weighted by atomic mass is 14.3. The van der Waals surface area contributed by atoms with Gasteiger partial charge in [0.1, 0.15) is 0 Å². The zero-order chi connectivity index (χ0) is 10.3. The van der Waals surface area contributed by atoms with Crippen LogP contribution in [-0.4, -0.2) is 0 Å². The zero-order valence-electron chi connectivity index (χ0n) is 10.3. The van der Waals surface area contributed by atoms with Gasteiger partial charge in [-0.05, 0) is 24.2 Å². The van der Waals surface area contributed by atoms with Gasteiger partial charge in [-0.15, -0.1) is 0 Å². The van der Waals surface area contributed by atoms with E-state index in [4.69, 9.17) is 0 Å². The molecule has 0 nitrogen and oxygen atoms in total. The van der Waals surface area contributed by atoms with E-state index >= 15 is 0 Å². The molecule has 0 spiro atoms. The third-order valence-corrected chi connectivity index (χ3v) is 3.53. The first-order valence-electron chi connectivity index (χ1n) is 6.08. The molecule has 0 aliphatic carbocycles. The molecule has 0 heterocycles. The molecule has 0 heteroatoms. The van der Waals surface area contributed by atoms with Crippen LogP contribution in [0.4, 0.5) is 0 Å². The van der Waals surface area contributed by atoms with Gasteiger partial charge in [0.05, 0.1) is 0 Å². The number of unbranched alkanes of at least 4 members (excludes halogenated alkanes) is 1. The third-order valence-electron chi connectivity index (χ3n) is 3.53. The van der Waals surface area contributed by atoms with Crippen molar-refractivity contribution < 1.29 is 0 Å². The van der Waals surface area contributed by atoms with Crippen LogP contribution in [-0.2, 0) is 0 Å². The van der Waals surface area contributed by atoms with E-state index in [1.165, 1.54) is 38.5 Å². The molecule has 0 saturated carbocycles. The van der Waals surface area contributed by atoms with Crippen molar-refractivity contribution in [1.82, 2.24) is 0 Å². The van der Waals surface area contributed by atoms with Gasteiger partial charge in [0.2, 0.25) is 0 Å². The van der Waals surface area contributed by atoms with Gasteiger partial charge in [0.25, 0.3) is 0 Å². The van der Waals surface area contributed by atoms with Crippen LogP contribution < -0.4 is 0 Å². The smallest absolute Gasteiger partial charge is 0.0326 e. The van der Waals surface area contributed by atoms with E-state index in [0.29, 0.717) is 5.41 Å². The van der Waals surface area contributed by atoms with Gasteiger partial charge in [0.15, 0.2) is 0 Å². The average molecular weight is 184 g/mol. The highest BCUT2D eigenvalue weighted by Gasteiger charge is 2.23. The zero-order valence-corrected chi connectivity index (χ0v) is 10.3. The molecule has 2 atom stereocenters. The fourth-order valence-corrected chi connectivity index (χ4v) is 2.01. The molecule has 0 aliphatic rings. The fraction of sp³-hybridized carbons (Fsp3) is 1.00. The van der Waals surface area contributed by atoms with E-state index in [9.17, 15) is 0 Å². The lowest BCUT2D eigenvalue weighted by molar-refractivity contribution is 0.211. The van der Waals surface area contributed by atoms with Crippen LogP contribution >= 0.6 is 0 Å². The Hall–Kier alpha value is 0. The van der Waals surface area contributed by atoms with Crippen molar-refractivity contribution in [3.63, 3.8) is 0 Å². The van der Waals surface area contributed by atoms with Gasteiger partial charge >= 0.3 is 0 Å². The second-order valence-corrected chi connectivity index (χ2v) is 4.99. The maximum Gasteiger partial charge on any atom is -0.0326 e. The standard InChI is InChI=1S/C13H28/c1-6-9-10-13(5,8-3)11-12(4)7-2/h12H,6-11H2,1-5H3. The highest BCUT2D eigenvalue weighted by Crippen LogP contribution is 2.35. The first-order chi connectivity index (χ1) is 6.08. The third kappa shape index (κ3) is 5.33. The Morgan fingerprint density at radius 3 is 2.15 bits per heavy atom. The SMILES string of the molecule is CCCCC(C)(CC)CC(C)CC. The molecule has 0 radical (unpaired) electrons. The molecule has 0 aliphatic heterocycles. The molecular formula is C13H28. The summed E-state index contributed by atoms with van der Waals surface area (Å²) in [5.74, 6) is 0.904. The lowest BCUT2D eigenvalue weighted by atomic mass is 9.75. The molecule has 0 aromatic rings. The summed E-state index contributed by atoms with van der Waals surface area (Å²) >= 11 is 0. The fourth-order valence-electron chi connectivity index (χ4n) is 2.01. The van der Waals surface area contributed by atoms with E-state index in [0.717, 1.165) is 5.92 Å². The quantitative estimate of drug-likeness (QED) is 0.520. The first-order valence-corrected chi connectivity index (χ1v) is 6.08. The predicted octanol–water partition coefficient (Wildman–Crippen LogP) is 5.03. The van der Waals surface area contributed by atoms with Gasteiger partial charge in [0, 0.05) is 0 Å². The van der Waals surface area contributed by atoms with E-state index in [1.807, 2.05) is 0 Å². The molecule has 13 heavy (non-hydrogen) atoms. The Morgan fingerprint density at radius 1 is 1.15 bits per heavy atom. The minimum absolute atomic E-state index is 0.617. The molecule has 0 saturated heterocycles. The lowest BCUT2D eigenvalue weighted by Gasteiger charge is -2.31. The van der Waals surface area contributed by atoms with Gasteiger partial charge in [-0.2, -0.15) is 0 Å². The first kappa shape index (κ1) is 13.0. The molecular weight excluding hydrogens is 156 g/mol. The topological polar surface area (TPSA) is 0 Å². The van der Waals surface area contributed by atoms with Gasteiger partial charge in [-0.1, -0.05) is 60.3 Å². The molecule has 0 aromatic carbocycles. The minimum atomic E-state index is 0.617. The van der Waals surface area contributed by atoms with Gasteiger partial charge in [-0.25, -0.2) is 0 Å². The van der Waals surface area contributed by atoms with E-state index in [-0.39, 0.29) is 0 Å². The summed E-state index contributed by atoms with van der Waals surface area (Å²) in [6.07, 6.45) is 8.26. The van der Waals surface area contributed by atoms with Crippen molar-refractivity contribution in [2.45, 2.75) is 73.1 Å². The summed E-state index contributed by atoms with van der Waals surface area (Å²) in [6, 6.07) is 0. The molecule has 2 unspecified atom stereocenters. The van der Waals surface area contributed by atoms with Crippen LogP contribution in [0.2, 0.25) is 0 Å². The Balaban J connectivity index is 3.94. The molecule has 0 amide bonds. The molecule has 80 valence electrons. The van der Waals surface area contributed by atoms with Crippen LogP contribution in [0.3, 0.4) is 0 Å². The maximum atomic E-state index is 2.47. The molecule has 0 aromatic heterocycles. The van der Waals surface area contributed by atoms with Crippen LogP contribution in [0.15, 0.2) is 0 Å². The highest BCUT2D eigenvalue weighted by molar-refractivity contribution is 4.74. The minimum Gasteiger partial charge on any atom is -0.0654 e. The summed E-state index contributed by atoms with van der Waals surface area (Å²) < 4.78 is 0. The van der Waals surface area contributed by atoms with E-state index < -0.39 is 0 Å². The van der Waals surface area contributed by atoms with Crippen molar-refractivity contribution in [1.29, 1.82) is 0 Å². The summed E-state index contributed by atoms with van der Waals surface area (Å²) in [5.41, 5.74) is 0.617. The largest absolute Gasteiger partial charge is 0.0654 e. The molecule has 0 N–H and O–H groups in total. The van der Waals surface area contributed by atoms with Crippen LogP contribution in [0, 0.1) is 11.3 Å². The van der Waals surface area contributed by atoms with Gasteiger partial charge < -0.3 is 0 Å². The van der Waals surface area contributed by atoms with E-state index in [1.54, 1.807) is 0 Å². The molecule has 0 bridgehead atoms. The number of hydrogen-bond donors (Lipinski definition) is 0. The summed E-state index contributed by atoms with van der Waals surface area (Å²) in [7, 11) is 0. The lowest BCUT2D eigenvalue weighted by Crippen LogP contribution is -2.18. The molecule has 0 fully saturated rings. The van der Waals surface area contributed by atoms with Crippen molar-refractivity contribution in [3.05, 3.63) is 0 Å². The Morgan fingerprint density at radius 2 is 1.77 bits per heavy atom. The average Bonchev–Trinajstić information content (AvgIpc) is 2.14. The summed E-state index contributed by atoms with van der Waals surface area (Å²) in [4.78, 5) is 0.